The third-order valence-corrected chi connectivity index (χ3v) is 10.4. The highest BCUT2D eigenvalue weighted by Crippen LogP contribution is 2.52. The predicted molar refractivity (Wildman–Crippen MR) is 148 cm³/mol. The average Bonchev–Trinajstić information content (AvgIpc) is 3.59. The van der Waals surface area contributed by atoms with Crippen molar-refractivity contribution in [3.63, 3.8) is 0 Å². The molecule has 0 amide bonds. The van der Waals surface area contributed by atoms with Gasteiger partial charge in [-0.3, -0.25) is 0 Å². The second-order valence-electron chi connectivity index (χ2n) is 8.11. The molecule has 8 rings (SSSR count). The first-order valence-electron chi connectivity index (χ1n) is 10.5. The second-order valence-corrected chi connectivity index (χ2v) is 12.2. The molecular weight excluding hydrogens is 465 g/mol. The van der Waals surface area contributed by atoms with Crippen LogP contribution in [0.5, 0.6) is 0 Å². The van der Waals surface area contributed by atoms with Crippen LogP contribution in [0.3, 0.4) is 0 Å². The van der Waals surface area contributed by atoms with E-state index in [1.54, 1.807) is 0 Å². The highest BCUT2D eigenvalue weighted by Gasteiger charge is 2.22. The van der Waals surface area contributed by atoms with E-state index in [9.17, 15) is 0 Å². The lowest BCUT2D eigenvalue weighted by Gasteiger charge is -2.12. The number of hydrogen-bond donors (Lipinski definition) is 0. The summed E-state index contributed by atoms with van der Waals surface area (Å²) in [6, 6.07) is 27.2. The highest BCUT2D eigenvalue weighted by molar-refractivity contribution is 7.27. The van der Waals surface area contributed by atoms with Gasteiger partial charge in [0.1, 0.15) is 0 Å². The number of thiophene rings is 4. The summed E-state index contributed by atoms with van der Waals surface area (Å²) >= 11 is 7.54. The van der Waals surface area contributed by atoms with Crippen molar-refractivity contribution in [2.45, 2.75) is 0 Å². The van der Waals surface area contributed by atoms with Crippen LogP contribution in [0, 0.1) is 0 Å². The lowest BCUT2D eigenvalue weighted by Crippen LogP contribution is -1.84. The Morgan fingerprint density at radius 2 is 0.875 bits per heavy atom. The van der Waals surface area contributed by atoms with Gasteiger partial charge in [-0.1, -0.05) is 36.4 Å². The maximum atomic E-state index is 2.40. The molecule has 8 aromatic rings. The zero-order valence-electron chi connectivity index (χ0n) is 16.7. The van der Waals surface area contributed by atoms with E-state index in [0.29, 0.717) is 0 Å². The molecule has 150 valence electrons. The van der Waals surface area contributed by atoms with Gasteiger partial charge in [-0.2, -0.15) is 0 Å². The van der Waals surface area contributed by atoms with Crippen LogP contribution in [0.15, 0.2) is 83.6 Å². The molecule has 0 aliphatic rings. The Labute approximate surface area is 199 Å². The molecule has 4 aromatic carbocycles. The van der Waals surface area contributed by atoms with Crippen LogP contribution in [0.4, 0.5) is 0 Å². The Bertz CT molecular complexity index is 1840. The molecule has 0 saturated carbocycles. The molecule has 0 aliphatic carbocycles. The van der Waals surface area contributed by atoms with Gasteiger partial charge in [0.2, 0.25) is 0 Å². The van der Waals surface area contributed by atoms with Crippen LogP contribution in [-0.2, 0) is 0 Å². The zero-order chi connectivity index (χ0) is 20.8. The van der Waals surface area contributed by atoms with Gasteiger partial charge in [0.15, 0.2) is 0 Å². The van der Waals surface area contributed by atoms with Crippen LogP contribution in [-0.4, -0.2) is 0 Å². The molecule has 0 fully saturated rings. The monoisotopic (exact) mass is 478 g/mol. The largest absolute Gasteiger partial charge is 0.144 e. The minimum Gasteiger partial charge on any atom is -0.144 e. The molecule has 0 unspecified atom stereocenters. The summed E-state index contributed by atoms with van der Waals surface area (Å²) < 4.78 is 8.25. The van der Waals surface area contributed by atoms with Crippen LogP contribution in [0.1, 0.15) is 0 Å². The smallest absolute Gasteiger partial charge is 0.0376 e. The Hall–Kier alpha value is -2.76. The molecule has 0 spiro atoms. The first-order chi connectivity index (χ1) is 15.9. The average molecular weight is 479 g/mol. The van der Waals surface area contributed by atoms with Gasteiger partial charge in [-0.15, -0.1) is 45.3 Å². The van der Waals surface area contributed by atoms with Gasteiger partial charge < -0.3 is 0 Å². The molecule has 0 bridgehead atoms. The fraction of sp³-hybridized carbons (Fsp3) is 0. The minimum atomic E-state index is 1.37. The van der Waals surface area contributed by atoms with Gasteiger partial charge in [0.05, 0.1) is 0 Å². The van der Waals surface area contributed by atoms with Crippen LogP contribution >= 0.6 is 45.3 Å². The SMILES string of the molecule is c1ccc2c(c1)sc1cc3sccc3c(-c3c4ccsc4cc4sc5ccccc5c34)c12. The first-order valence-corrected chi connectivity index (χ1v) is 13.9. The van der Waals surface area contributed by atoms with E-state index in [0.717, 1.165) is 0 Å². The number of benzene rings is 4. The van der Waals surface area contributed by atoms with E-state index < -0.39 is 0 Å². The number of fused-ring (bicyclic) bond motifs is 8. The summed E-state index contributed by atoms with van der Waals surface area (Å²) in [7, 11) is 0. The summed E-state index contributed by atoms with van der Waals surface area (Å²) in [6.07, 6.45) is 0. The van der Waals surface area contributed by atoms with E-state index in [1.165, 1.54) is 71.6 Å². The van der Waals surface area contributed by atoms with Crippen molar-refractivity contribution in [3.8, 4) is 11.1 Å². The van der Waals surface area contributed by atoms with Crippen molar-refractivity contribution >= 4 is 106 Å². The summed E-state index contributed by atoms with van der Waals surface area (Å²) in [5, 5.41) is 12.8. The van der Waals surface area contributed by atoms with Crippen LogP contribution < -0.4 is 0 Å². The minimum absolute atomic E-state index is 1.37. The third-order valence-electron chi connectivity index (χ3n) is 6.45. The van der Waals surface area contributed by atoms with Gasteiger partial charge in [0.25, 0.3) is 0 Å². The normalized spacial score (nSPS) is 12.4. The van der Waals surface area contributed by atoms with E-state index in [1.807, 2.05) is 45.3 Å². The van der Waals surface area contributed by atoms with Gasteiger partial charge >= 0.3 is 0 Å². The van der Waals surface area contributed by atoms with Gasteiger partial charge in [0, 0.05) is 71.6 Å². The Morgan fingerprint density at radius 3 is 1.38 bits per heavy atom. The van der Waals surface area contributed by atoms with Crippen LogP contribution in [0.25, 0.3) is 71.6 Å². The number of hydrogen-bond acceptors (Lipinski definition) is 4. The Kier molecular flexibility index (Phi) is 3.55. The third kappa shape index (κ3) is 2.25. The zero-order valence-corrected chi connectivity index (χ0v) is 20.0. The predicted octanol–water partition coefficient (Wildman–Crippen LogP) is 10.5. The molecule has 0 aliphatic heterocycles. The van der Waals surface area contributed by atoms with Crippen molar-refractivity contribution in [2.75, 3.05) is 0 Å². The maximum absolute atomic E-state index is 2.40. The summed E-state index contributed by atoms with van der Waals surface area (Å²) in [6.45, 7) is 0. The quantitative estimate of drug-likeness (QED) is 0.220. The molecule has 0 N–H and O–H groups in total. The summed E-state index contributed by atoms with van der Waals surface area (Å²) in [5.41, 5.74) is 2.82. The van der Waals surface area contributed by atoms with E-state index >= 15 is 0 Å². The fourth-order valence-corrected chi connectivity index (χ4v) is 9.28. The standard InChI is InChI=1S/C28H14S4/c1-3-7-19-15(5-1)25-23(31-19)13-21-17(9-11-29-21)27(25)28-18-10-12-30-22(18)14-24-26(28)16-6-2-4-8-20(16)32-24/h1-14H. The molecule has 4 heteroatoms. The molecule has 0 nitrogen and oxygen atoms in total. The van der Waals surface area contributed by atoms with E-state index in [-0.39, 0.29) is 0 Å². The maximum Gasteiger partial charge on any atom is 0.0376 e. The van der Waals surface area contributed by atoms with Crippen molar-refractivity contribution in [1.29, 1.82) is 0 Å². The topological polar surface area (TPSA) is 0 Å². The highest BCUT2D eigenvalue weighted by atomic mass is 32.1. The fourth-order valence-electron chi connectivity index (χ4n) is 5.15. The van der Waals surface area contributed by atoms with Crippen LogP contribution in [0.2, 0.25) is 0 Å². The first kappa shape index (κ1) is 17.8. The summed E-state index contributed by atoms with van der Waals surface area (Å²) in [4.78, 5) is 0. The summed E-state index contributed by atoms with van der Waals surface area (Å²) in [5.74, 6) is 0. The molecule has 0 saturated heterocycles. The molecule has 32 heavy (non-hydrogen) atoms. The number of rotatable bonds is 1. The van der Waals surface area contributed by atoms with Crippen molar-refractivity contribution < 1.29 is 0 Å². The lowest BCUT2D eigenvalue weighted by atomic mass is 9.91. The second kappa shape index (κ2) is 6.40. The van der Waals surface area contributed by atoms with E-state index in [4.69, 9.17) is 0 Å². The van der Waals surface area contributed by atoms with E-state index in [2.05, 4.69) is 83.6 Å². The Morgan fingerprint density at radius 1 is 0.406 bits per heavy atom. The Balaban J connectivity index is 1.73. The molecule has 0 atom stereocenters. The van der Waals surface area contributed by atoms with Gasteiger partial charge in [-0.25, -0.2) is 0 Å². The van der Waals surface area contributed by atoms with Gasteiger partial charge in [-0.05, 0) is 47.2 Å². The molecule has 4 aromatic heterocycles. The molecular formula is C28H14S4. The molecule has 0 radical (unpaired) electrons. The van der Waals surface area contributed by atoms with Crippen molar-refractivity contribution in [3.05, 3.63) is 83.6 Å². The lowest BCUT2D eigenvalue weighted by molar-refractivity contribution is 1.85. The molecule has 4 heterocycles. The van der Waals surface area contributed by atoms with Crippen molar-refractivity contribution in [2.24, 2.45) is 0 Å². The van der Waals surface area contributed by atoms with Crippen molar-refractivity contribution in [1.82, 2.24) is 0 Å².